The van der Waals surface area contributed by atoms with Gasteiger partial charge in [-0.05, 0) is 25.1 Å². The third kappa shape index (κ3) is 2.72. The number of amides is 1. The molecule has 0 aliphatic rings. The number of pyridine rings is 1. The molecule has 0 spiro atoms. The van der Waals surface area contributed by atoms with Gasteiger partial charge in [0, 0.05) is 11.9 Å². The minimum absolute atomic E-state index is 0.297. The van der Waals surface area contributed by atoms with Crippen molar-refractivity contribution in [2.24, 2.45) is 0 Å². The summed E-state index contributed by atoms with van der Waals surface area (Å²) in [5.41, 5.74) is 3.90. The van der Waals surface area contributed by atoms with E-state index in [-0.39, 0.29) is 5.91 Å². The molecular weight excluding hydrogens is 329 g/mol. The number of hydrogen-bond donors (Lipinski definition) is 1. The number of halogens is 2. The molecule has 4 nitrogen and oxygen atoms in total. The van der Waals surface area contributed by atoms with Crippen LogP contribution in [0, 0.1) is 6.92 Å². The van der Waals surface area contributed by atoms with Crippen molar-refractivity contribution in [1.82, 2.24) is 9.97 Å². The maximum Gasteiger partial charge on any atom is 0.258 e. The molecule has 21 heavy (non-hydrogen) atoms. The van der Waals surface area contributed by atoms with Crippen molar-refractivity contribution in [3.05, 3.63) is 51.2 Å². The first-order chi connectivity index (χ1) is 10.1. The van der Waals surface area contributed by atoms with Gasteiger partial charge in [-0.2, -0.15) is 0 Å². The van der Waals surface area contributed by atoms with E-state index in [2.05, 4.69) is 15.3 Å². The highest BCUT2D eigenvalue weighted by Crippen LogP contribution is 2.32. The van der Waals surface area contributed by atoms with Crippen LogP contribution in [0.5, 0.6) is 0 Å². The monoisotopic (exact) mass is 337 g/mol. The van der Waals surface area contributed by atoms with Crippen molar-refractivity contribution < 1.29 is 4.79 Å². The predicted octanol–water partition coefficient (Wildman–Crippen LogP) is 4.56. The average Bonchev–Trinajstić information content (AvgIpc) is 2.90. The molecule has 7 heteroatoms. The van der Waals surface area contributed by atoms with Crippen molar-refractivity contribution >= 4 is 56.3 Å². The zero-order valence-electron chi connectivity index (χ0n) is 10.9. The lowest BCUT2D eigenvalue weighted by molar-refractivity contribution is 0.102. The Morgan fingerprint density at radius 1 is 1.24 bits per heavy atom. The van der Waals surface area contributed by atoms with Gasteiger partial charge in [-0.15, -0.1) is 11.3 Å². The molecule has 0 fully saturated rings. The van der Waals surface area contributed by atoms with Crippen LogP contribution in [0.2, 0.25) is 10.0 Å². The summed E-state index contributed by atoms with van der Waals surface area (Å²) in [6.45, 7) is 1.81. The van der Waals surface area contributed by atoms with Gasteiger partial charge in [0.2, 0.25) is 0 Å². The number of anilines is 1. The molecule has 106 valence electrons. The Hall–Kier alpha value is -1.69. The van der Waals surface area contributed by atoms with E-state index in [4.69, 9.17) is 23.2 Å². The van der Waals surface area contributed by atoms with Gasteiger partial charge in [-0.1, -0.05) is 23.2 Å². The number of aryl methyl sites for hydroxylation is 1. The fraction of sp³-hybridized carbons (Fsp3) is 0.0714. The second-order valence-corrected chi connectivity index (χ2v) is 6.08. The zero-order valence-corrected chi connectivity index (χ0v) is 13.2. The molecular formula is C14H9Cl2N3OS. The molecule has 1 N–H and O–H groups in total. The zero-order chi connectivity index (χ0) is 15.0. The SMILES string of the molecule is Cc1cc(Cl)c(C(=O)Nc2c(Cl)ccc3scnc23)cn1. The third-order valence-electron chi connectivity index (χ3n) is 2.92. The van der Waals surface area contributed by atoms with Crippen LogP contribution in [0.1, 0.15) is 16.1 Å². The van der Waals surface area contributed by atoms with Crippen molar-refractivity contribution in [1.29, 1.82) is 0 Å². The number of rotatable bonds is 2. The van der Waals surface area contributed by atoms with E-state index >= 15 is 0 Å². The second kappa shape index (κ2) is 5.60. The first-order valence-electron chi connectivity index (χ1n) is 6.01. The van der Waals surface area contributed by atoms with E-state index in [0.717, 1.165) is 10.4 Å². The summed E-state index contributed by atoms with van der Waals surface area (Å²) in [5, 5.41) is 3.54. The van der Waals surface area contributed by atoms with E-state index in [0.29, 0.717) is 26.8 Å². The second-order valence-electron chi connectivity index (χ2n) is 4.38. The van der Waals surface area contributed by atoms with Crippen LogP contribution in [0.15, 0.2) is 29.9 Å². The highest BCUT2D eigenvalue weighted by Gasteiger charge is 2.16. The number of fused-ring (bicyclic) bond motifs is 1. The Morgan fingerprint density at radius 3 is 2.81 bits per heavy atom. The lowest BCUT2D eigenvalue weighted by Gasteiger charge is -2.09. The van der Waals surface area contributed by atoms with Crippen LogP contribution in [0.4, 0.5) is 5.69 Å². The van der Waals surface area contributed by atoms with Gasteiger partial charge in [0.25, 0.3) is 5.91 Å². The molecule has 0 aliphatic heterocycles. The topological polar surface area (TPSA) is 54.9 Å². The quantitative estimate of drug-likeness (QED) is 0.745. The number of hydrogen-bond acceptors (Lipinski definition) is 4. The van der Waals surface area contributed by atoms with Gasteiger partial charge in [-0.25, -0.2) is 4.98 Å². The average molecular weight is 338 g/mol. The molecule has 0 radical (unpaired) electrons. The van der Waals surface area contributed by atoms with Crippen LogP contribution >= 0.6 is 34.5 Å². The van der Waals surface area contributed by atoms with Gasteiger partial charge in [0.05, 0.1) is 31.5 Å². The Kier molecular flexibility index (Phi) is 3.80. The Bertz CT molecular complexity index is 847. The predicted molar refractivity (Wildman–Crippen MR) is 86.6 cm³/mol. The van der Waals surface area contributed by atoms with Crippen LogP contribution in [0.25, 0.3) is 10.2 Å². The maximum atomic E-state index is 12.3. The Labute approximate surface area is 134 Å². The highest BCUT2D eigenvalue weighted by atomic mass is 35.5. The van der Waals surface area contributed by atoms with Gasteiger partial charge >= 0.3 is 0 Å². The number of aromatic nitrogens is 2. The van der Waals surface area contributed by atoms with Crippen molar-refractivity contribution in [2.75, 3.05) is 5.32 Å². The minimum Gasteiger partial charge on any atom is -0.319 e. The molecule has 0 atom stereocenters. The summed E-state index contributed by atoms with van der Waals surface area (Å²) < 4.78 is 0.947. The van der Waals surface area contributed by atoms with E-state index in [1.807, 2.05) is 6.07 Å². The van der Waals surface area contributed by atoms with Gasteiger partial charge in [0.15, 0.2) is 0 Å². The number of thiazole rings is 1. The lowest BCUT2D eigenvalue weighted by Crippen LogP contribution is -2.13. The molecule has 0 bridgehead atoms. The smallest absolute Gasteiger partial charge is 0.258 e. The van der Waals surface area contributed by atoms with Crippen LogP contribution in [-0.2, 0) is 0 Å². The van der Waals surface area contributed by atoms with Crippen LogP contribution in [-0.4, -0.2) is 15.9 Å². The van der Waals surface area contributed by atoms with E-state index in [1.165, 1.54) is 17.5 Å². The fourth-order valence-electron chi connectivity index (χ4n) is 1.90. The fourth-order valence-corrected chi connectivity index (χ4v) is 3.08. The van der Waals surface area contributed by atoms with Gasteiger partial charge in [0.1, 0.15) is 5.52 Å². The molecule has 3 aromatic rings. The lowest BCUT2D eigenvalue weighted by atomic mass is 10.2. The summed E-state index contributed by atoms with van der Waals surface area (Å²) >= 11 is 13.7. The standard InChI is InChI=1S/C14H9Cl2N3OS/c1-7-4-10(16)8(5-17-7)14(20)19-12-9(15)2-3-11-13(12)18-6-21-11/h2-6H,1H3,(H,19,20). The number of nitrogens with zero attached hydrogens (tertiary/aromatic N) is 2. The van der Waals surface area contributed by atoms with Crippen LogP contribution < -0.4 is 5.32 Å². The summed E-state index contributed by atoms with van der Waals surface area (Å²) in [4.78, 5) is 20.7. The molecule has 0 aliphatic carbocycles. The van der Waals surface area contributed by atoms with E-state index < -0.39 is 0 Å². The normalized spacial score (nSPS) is 10.8. The summed E-state index contributed by atoms with van der Waals surface area (Å²) in [7, 11) is 0. The van der Waals surface area contributed by atoms with E-state index in [9.17, 15) is 4.79 Å². The minimum atomic E-state index is -0.366. The third-order valence-corrected chi connectivity index (χ3v) is 4.35. The molecule has 2 heterocycles. The maximum absolute atomic E-state index is 12.3. The van der Waals surface area contributed by atoms with Crippen molar-refractivity contribution in [3.63, 3.8) is 0 Å². The molecule has 1 amide bonds. The Balaban J connectivity index is 2.00. The summed E-state index contributed by atoms with van der Waals surface area (Å²) in [6.07, 6.45) is 1.45. The largest absolute Gasteiger partial charge is 0.319 e. The van der Waals surface area contributed by atoms with E-state index in [1.54, 1.807) is 24.6 Å². The highest BCUT2D eigenvalue weighted by molar-refractivity contribution is 7.16. The van der Waals surface area contributed by atoms with Crippen molar-refractivity contribution in [2.45, 2.75) is 6.92 Å². The van der Waals surface area contributed by atoms with Gasteiger partial charge in [-0.3, -0.25) is 9.78 Å². The Morgan fingerprint density at radius 2 is 2.05 bits per heavy atom. The molecule has 0 saturated carbocycles. The van der Waals surface area contributed by atoms with Crippen LogP contribution in [0.3, 0.4) is 0 Å². The molecule has 0 saturated heterocycles. The molecule has 3 rings (SSSR count). The van der Waals surface area contributed by atoms with Gasteiger partial charge < -0.3 is 5.32 Å². The van der Waals surface area contributed by atoms with Crippen molar-refractivity contribution in [3.8, 4) is 0 Å². The number of benzene rings is 1. The first kappa shape index (κ1) is 14.3. The molecule has 1 aromatic carbocycles. The summed E-state index contributed by atoms with van der Waals surface area (Å²) in [5.74, 6) is -0.366. The summed E-state index contributed by atoms with van der Waals surface area (Å²) in [6, 6.07) is 5.24. The number of carbonyl (C=O) groups excluding carboxylic acids is 1. The molecule has 0 unspecified atom stereocenters. The molecule has 2 aromatic heterocycles. The number of nitrogens with one attached hydrogen (secondary N) is 1. The number of carbonyl (C=O) groups is 1. The first-order valence-corrected chi connectivity index (χ1v) is 7.65.